The standard InChI is InChI=1S/C15H11BrN2OS/c1-18(12-5-2-10(9-17)3-6-12)15(19)13-7-4-11(16)8-14(13)20/h2-8,20H,1H3. The number of amides is 1. The Balaban J connectivity index is 2.30. The van der Waals surface area contributed by atoms with Crippen LogP contribution in [0, 0.1) is 11.3 Å². The van der Waals surface area contributed by atoms with Crippen LogP contribution in [0.1, 0.15) is 15.9 Å². The number of thiol groups is 1. The molecule has 0 saturated carbocycles. The minimum atomic E-state index is -0.146. The first kappa shape index (κ1) is 14.6. The molecule has 0 bridgehead atoms. The van der Waals surface area contributed by atoms with Crippen molar-refractivity contribution in [2.75, 3.05) is 11.9 Å². The molecule has 0 spiro atoms. The summed E-state index contributed by atoms with van der Waals surface area (Å²) in [6.45, 7) is 0. The van der Waals surface area contributed by atoms with Gasteiger partial charge in [-0.1, -0.05) is 15.9 Å². The summed E-state index contributed by atoms with van der Waals surface area (Å²) in [7, 11) is 1.69. The van der Waals surface area contributed by atoms with Crippen LogP contribution < -0.4 is 4.90 Å². The third-order valence-corrected chi connectivity index (χ3v) is 3.74. The fraction of sp³-hybridized carbons (Fsp3) is 0.0667. The number of rotatable bonds is 2. The van der Waals surface area contributed by atoms with E-state index in [2.05, 4.69) is 28.6 Å². The molecule has 3 nitrogen and oxygen atoms in total. The number of carbonyl (C=O) groups excluding carboxylic acids is 1. The predicted molar refractivity (Wildman–Crippen MR) is 85.3 cm³/mol. The topological polar surface area (TPSA) is 44.1 Å². The largest absolute Gasteiger partial charge is 0.311 e. The van der Waals surface area contributed by atoms with Crippen molar-refractivity contribution in [3.05, 3.63) is 58.1 Å². The Hall–Kier alpha value is -1.77. The van der Waals surface area contributed by atoms with Crippen molar-refractivity contribution in [2.24, 2.45) is 0 Å². The number of hydrogen-bond donors (Lipinski definition) is 1. The lowest BCUT2D eigenvalue weighted by atomic mass is 10.1. The van der Waals surface area contributed by atoms with Crippen molar-refractivity contribution >= 4 is 40.2 Å². The minimum Gasteiger partial charge on any atom is -0.311 e. The van der Waals surface area contributed by atoms with Crippen LogP contribution in [-0.4, -0.2) is 13.0 Å². The van der Waals surface area contributed by atoms with Gasteiger partial charge >= 0.3 is 0 Å². The van der Waals surface area contributed by atoms with Crippen LogP contribution >= 0.6 is 28.6 Å². The summed E-state index contributed by atoms with van der Waals surface area (Å²) in [5.41, 5.74) is 1.82. The summed E-state index contributed by atoms with van der Waals surface area (Å²) in [5, 5.41) is 8.77. The van der Waals surface area contributed by atoms with Gasteiger partial charge in [0.15, 0.2) is 0 Å². The van der Waals surface area contributed by atoms with Crippen molar-refractivity contribution in [1.29, 1.82) is 5.26 Å². The highest BCUT2D eigenvalue weighted by atomic mass is 79.9. The van der Waals surface area contributed by atoms with E-state index < -0.39 is 0 Å². The monoisotopic (exact) mass is 346 g/mol. The maximum absolute atomic E-state index is 12.4. The van der Waals surface area contributed by atoms with Crippen molar-refractivity contribution in [2.45, 2.75) is 4.90 Å². The van der Waals surface area contributed by atoms with Gasteiger partial charge in [-0.2, -0.15) is 5.26 Å². The molecule has 0 aliphatic heterocycles. The van der Waals surface area contributed by atoms with Gasteiger partial charge in [0.2, 0.25) is 0 Å². The van der Waals surface area contributed by atoms with Crippen LogP contribution in [0.15, 0.2) is 51.8 Å². The lowest BCUT2D eigenvalue weighted by Crippen LogP contribution is -2.26. The van der Waals surface area contributed by atoms with Gasteiger partial charge in [0.1, 0.15) is 0 Å². The van der Waals surface area contributed by atoms with E-state index in [1.807, 2.05) is 6.07 Å². The molecule has 20 heavy (non-hydrogen) atoms. The van der Waals surface area contributed by atoms with Crippen LogP contribution in [0.4, 0.5) is 5.69 Å². The zero-order valence-corrected chi connectivity index (χ0v) is 13.1. The Morgan fingerprint density at radius 1 is 1.25 bits per heavy atom. The van der Waals surface area contributed by atoms with Crippen molar-refractivity contribution < 1.29 is 4.79 Å². The molecule has 0 aliphatic rings. The molecule has 1 amide bonds. The number of hydrogen-bond acceptors (Lipinski definition) is 3. The number of benzene rings is 2. The number of anilines is 1. The highest BCUT2D eigenvalue weighted by molar-refractivity contribution is 9.10. The van der Waals surface area contributed by atoms with Gasteiger partial charge in [-0.3, -0.25) is 4.79 Å². The van der Waals surface area contributed by atoms with Gasteiger partial charge in [0.25, 0.3) is 5.91 Å². The molecule has 0 atom stereocenters. The Kier molecular flexibility index (Phi) is 4.48. The second-order valence-electron chi connectivity index (χ2n) is 4.18. The maximum atomic E-state index is 12.4. The normalized spacial score (nSPS) is 9.90. The van der Waals surface area contributed by atoms with Crippen LogP contribution in [0.25, 0.3) is 0 Å². The second-order valence-corrected chi connectivity index (χ2v) is 5.58. The molecule has 0 radical (unpaired) electrons. The van der Waals surface area contributed by atoms with Gasteiger partial charge in [-0.15, -0.1) is 12.6 Å². The van der Waals surface area contributed by atoms with E-state index >= 15 is 0 Å². The smallest absolute Gasteiger partial charge is 0.259 e. The van der Waals surface area contributed by atoms with Gasteiger partial charge in [-0.25, -0.2) is 0 Å². The molecule has 0 aliphatic carbocycles. The quantitative estimate of drug-likeness (QED) is 0.838. The van der Waals surface area contributed by atoms with E-state index in [4.69, 9.17) is 5.26 Å². The van der Waals surface area contributed by atoms with Crippen LogP contribution in [0.3, 0.4) is 0 Å². The fourth-order valence-electron chi connectivity index (χ4n) is 1.74. The highest BCUT2D eigenvalue weighted by Gasteiger charge is 2.16. The molecule has 100 valence electrons. The molecule has 0 heterocycles. The van der Waals surface area contributed by atoms with E-state index in [-0.39, 0.29) is 5.91 Å². The Labute approximate surface area is 131 Å². The predicted octanol–water partition coefficient (Wildman–Crippen LogP) is 3.89. The molecule has 0 N–H and O–H groups in total. The fourth-order valence-corrected chi connectivity index (χ4v) is 2.59. The lowest BCUT2D eigenvalue weighted by molar-refractivity contribution is 0.0990. The molecule has 0 saturated heterocycles. The Morgan fingerprint density at radius 2 is 1.90 bits per heavy atom. The number of halogens is 1. The highest BCUT2D eigenvalue weighted by Crippen LogP contribution is 2.23. The number of nitrogens with zero attached hydrogens (tertiary/aromatic N) is 2. The maximum Gasteiger partial charge on any atom is 0.259 e. The molecular weight excluding hydrogens is 336 g/mol. The third kappa shape index (κ3) is 3.03. The van der Waals surface area contributed by atoms with Crippen LogP contribution in [0.2, 0.25) is 0 Å². The van der Waals surface area contributed by atoms with Gasteiger partial charge in [-0.05, 0) is 42.5 Å². The Bertz CT molecular complexity index is 692. The third-order valence-electron chi connectivity index (χ3n) is 2.88. The first-order valence-corrected chi connectivity index (χ1v) is 7.03. The van der Waals surface area contributed by atoms with Gasteiger partial charge in [0, 0.05) is 22.1 Å². The first-order valence-electron chi connectivity index (χ1n) is 5.79. The van der Waals surface area contributed by atoms with E-state index in [0.717, 1.165) is 10.2 Å². The zero-order valence-electron chi connectivity index (χ0n) is 10.7. The van der Waals surface area contributed by atoms with Crippen molar-refractivity contribution in [1.82, 2.24) is 0 Å². The summed E-state index contributed by atoms with van der Waals surface area (Å²) in [6, 6.07) is 14.2. The second kappa shape index (κ2) is 6.12. The molecule has 2 aromatic rings. The SMILES string of the molecule is CN(C(=O)c1ccc(Br)cc1S)c1ccc(C#N)cc1. The summed E-state index contributed by atoms with van der Waals surface area (Å²) in [4.78, 5) is 14.6. The van der Waals surface area contributed by atoms with Crippen molar-refractivity contribution in [3.8, 4) is 6.07 Å². The molecule has 0 fully saturated rings. The van der Waals surface area contributed by atoms with E-state index in [1.54, 1.807) is 49.5 Å². The van der Waals surface area contributed by atoms with Gasteiger partial charge in [0.05, 0.1) is 17.2 Å². The Morgan fingerprint density at radius 3 is 2.45 bits per heavy atom. The van der Waals surface area contributed by atoms with E-state index in [9.17, 15) is 4.79 Å². The molecule has 5 heteroatoms. The molecule has 2 aromatic carbocycles. The van der Waals surface area contributed by atoms with E-state index in [0.29, 0.717) is 16.0 Å². The first-order chi connectivity index (χ1) is 9.52. The summed E-state index contributed by atoms with van der Waals surface area (Å²) in [6.07, 6.45) is 0. The average Bonchev–Trinajstić information content (AvgIpc) is 2.46. The minimum absolute atomic E-state index is 0.146. The molecular formula is C15H11BrN2OS. The number of nitriles is 1. The van der Waals surface area contributed by atoms with Gasteiger partial charge < -0.3 is 4.90 Å². The summed E-state index contributed by atoms with van der Waals surface area (Å²) >= 11 is 7.66. The van der Waals surface area contributed by atoms with Crippen LogP contribution in [0.5, 0.6) is 0 Å². The molecule has 0 unspecified atom stereocenters. The summed E-state index contributed by atoms with van der Waals surface area (Å²) < 4.78 is 0.875. The molecule has 0 aromatic heterocycles. The lowest BCUT2D eigenvalue weighted by Gasteiger charge is -2.18. The van der Waals surface area contributed by atoms with Crippen LogP contribution in [-0.2, 0) is 0 Å². The molecule has 2 rings (SSSR count). The summed E-state index contributed by atoms with van der Waals surface area (Å²) in [5.74, 6) is -0.146. The number of carbonyl (C=O) groups is 1. The van der Waals surface area contributed by atoms with Crippen molar-refractivity contribution in [3.63, 3.8) is 0 Å². The average molecular weight is 347 g/mol. The zero-order chi connectivity index (χ0) is 14.7. The van der Waals surface area contributed by atoms with E-state index in [1.165, 1.54) is 4.90 Å².